The molecule has 3 rings (SSSR count). The van der Waals surface area contributed by atoms with Crippen LogP contribution in [0.3, 0.4) is 0 Å². The van der Waals surface area contributed by atoms with E-state index in [9.17, 15) is 0 Å². The lowest BCUT2D eigenvalue weighted by molar-refractivity contribution is 0.641. The summed E-state index contributed by atoms with van der Waals surface area (Å²) in [5, 5.41) is 4.78. The van der Waals surface area contributed by atoms with Gasteiger partial charge in [-0.25, -0.2) is 5.53 Å². The van der Waals surface area contributed by atoms with Crippen LogP contribution < -0.4 is 0 Å². The SMILES string of the molecule is N=NC(Cc1ccnc2ccccc12)c1cnccn1. The Morgan fingerprint density at radius 1 is 1.05 bits per heavy atom. The van der Waals surface area contributed by atoms with Gasteiger partial charge in [0.05, 0.1) is 17.4 Å². The molecule has 2 aromatic heterocycles. The van der Waals surface area contributed by atoms with Gasteiger partial charge in [0.2, 0.25) is 0 Å². The molecule has 0 saturated carbocycles. The summed E-state index contributed by atoms with van der Waals surface area (Å²) in [4.78, 5) is 12.6. The molecule has 0 aliphatic heterocycles. The van der Waals surface area contributed by atoms with E-state index in [0.29, 0.717) is 12.1 Å². The van der Waals surface area contributed by atoms with Gasteiger partial charge in [-0.05, 0) is 17.7 Å². The zero-order valence-electron chi connectivity index (χ0n) is 10.8. The lowest BCUT2D eigenvalue weighted by Gasteiger charge is -2.11. The van der Waals surface area contributed by atoms with Crippen LogP contribution in [0.2, 0.25) is 0 Å². The number of para-hydroxylation sites is 1. The molecule has 0 fully saturated rings. The van der Waals surface area contributed by atoms with Gasteiger partial charge in [0, 0.05) is 30.4 Å². The molecule has 98 valence electrons. The molecule has 20 heavy (non-hydrogen) atoms. The molecular weight excluding hydrogens is 250 g/mol. The molecule has 1 unspecified atom stereocenters. The van der Waals surface area contributed by atoms with Crippen LogP contribution in [0.5, 0.6) is 0 Å². The summed E-state index contributed by atoms with van der Waals surface area (Å²) in [6.07, 6.45) is 7.30. The molecule has 0 spiro atoms. The maximum Gasteiger partial charge on any atom is 0.118 e. The van der Waals surface area contributed by atoms with E-state index in [0.717, 1.165) is 16.5 Å². The highest BCUT2D eigenvalue weighted by molar-refractivity contribution is 5.81. The highest BCUT2D eigenvalue weighted by Gasteiger charge is 2.14. The number of hydrogen-bond acceptors (Lipinski definition) is 5. The Bertz CT molecular complexity index is 721. The molecule has 0 aliphatic rings. The number of aromatic nitrogens is 3. The first kappa shape index (κ1) is 12.3. The van der Waals surface area contributed by atoms with Gasteiger partial charge in [0.25, 0.3) is 0 Å². The highest BCUT2D eigenvalue weighted by Crippen LogP contribution is 2.24. The minimum absolute atomic E-state index is 0.311. The van der Waals surface area contributed by atoms with Crippen molar-refractivity contribution >= 4 is 10.9 Å². The van der Waals surface area contributed by atoms with Crippen molar-refractivity contribution in [1.82, 2.24) is 15.0 Å². The molecule has 0 aliphatic carbocycles. The van der Waals surface area contributed by atoms with E-state index in [4.69, 9.17) is 5.53 Å². The third kappa shape index (κ3) is 2.38. The fraction of sp³-hybridized carbons (Fsp3) is 0.133. The molecule has 0 radical (unpaired) electrons. The number of rotatable bonds is 4. The van der Waals surface area contributed by atoms with Crippen molar-refractivity contribution in [1.29, 1.82) is 5.53 Å². The topological polar surface area (TPSA) is 74.9 Å². The first-order chi connectivity index (χ1) is 9.88. The van der Waals surface area contributed by atoms with E-state index < -0.39 is 0 Å². The van der Waals surface area contributed by atoms with Gasteiger partial charge in [0.1, 0.15) is 6.04 Å². The van der Waals surface area contributed by atoms with Crippen LogP contribution in [0.4, 0.5) is 0 Å². The molecule has 0 amide bonds. The second kappa shape index (κ2) is 5.52. The number of benzene rings is 1. The third-order valence-electron chi connectivity index (χ3n) is 3.23. The van der Waals surface area contributed by atoms with Crippen LogP contribution in [0, 0.1) is 5.53 Å². The standard InChI is InChI=1S/C15H13N5/c16-20-14(15-10-17-7-8-19-15)9-11-5-6-18-13-4-2-1-3-12(11)13/h1-8,10,14,16H,9H2. The fourth-order valence-electron chi connectivity index (χ4n) is 2.24. The van der Waals surface area contributed by atoms with Crippen LogP contribution in [0.15, 0.2) is 60.2 Å². The van der Waals surface area contributed by atoms with Gasteiger partial charge >= 0.3 is 0 Å². The lowest BCUT2D eigenvalue weighted by atomic mass is 10.0. The number of nitrogens with zero attached hydrogens (tertiary/aromatic N) is 4. The molecule has 3 aromatic rings. The van der Waals surface area contributed by atoms with Gasteiger partial charge in [-0.15, -0.1) is 0 Å². The predicted octanol–water partition coefficient (Wildman–Crippen LogP) is 3.34. The van der Waals surface area contributed by atoms with E-state index in [1.54, 1.807) is 24.8 Å². The summed E-state index contributed by atoms with van der Waals surface area (Å²) in [6, 6.07) is 9.63. The highest BCUT2D eigenvalue weighted by atomic mass is 15.0. The minimum Gasteiger partial charge on any atom is -0.261 e. The zero-order valence-corrected chi connectivity index (χ0v) is 10.8. The van der Waals surface area contributed by atoms with E-state index in [2.05, 4.69) is 20.1 Å². The van der Waals surface area contributed by atoms with Gasteiger partial charge in [-0.1, -0.05) is 18.2 Å². The van der Waals surface area contributed by atoms with Crippen molar-refractivity contribution < 1.29 is 0 Å². The number of hydrogen-bond donors (Lipinski definition) is 1. The Morgan fingerprint density at radius 3 is 2.75 bits per heavy atom. The third-order valence-corrected chi connectivity index (χ3v) is 3.23. The lowest BCUT2D eigenvalue weighted by Crippen LogP contribution is -2.03. The number of fused-ring (bicyclic) bond motifs is 1. The average Bonchev–Trinajstić information content (AvgIpc) is 2.53. The monoisotopic (exact) mass is 263 g/mol. The fourth-order valence-corrected chi connectivity index (χ4v) is 2.24. The molecule has 2 heterocycles. The number of pyridine rings is 1. The summed E-state index contributed by atoms with van der Waals surface area (Å²) in [6.45, 7) is 0. The Morgan fingerprint density at radius 2 is 1.95 bits per heavy atom. The van der Waals surface area contributed by atoms with Crippen LogP contribution >= 0.6 is 0 Å². The molecule has 1 atom stereocenters. The van der Waals surface area contributed by atoms with Crippen molar-refractivity contribution in [3.63, 3.8) is 0 Å². The van der Waals surface area contributed by atoms with Crippen LogP contribution in [-0.4, -0.2) is 15.0 Å². The van der Waals surface area contributed by atoms with Crippen LogP contribution in [0.1, 0.15) is 17.3 Å². The normalized spacial score (nSPS) is 12.2. The quantitative estimate of drug-likeness (QED) is 0.733. The van der Waals surface area contributed by atoms with Gasteiger partial charge in [0.15, 0.2) is 0 Å². The van der Waals surface area contributed by atoms with Gasteiger partial charge in [-0.3, -0.25) is 15.0 Å². The Balaban J connectivity index is 1.98. The van der Waals surface area contributed by atoms with Crippen LogP contribution in [-0.2, 0) is 6.42 Å². The van der Waals surface area contributed by atoms with E-state index >= 15 is 0 Å². The van der Waals surface area contributed by atoms with Crippen molar-refractivity contribution in [3.8, 4) is 0 Å². The maximum absolute atomic E-state index is 7.40. The summed E-state index contributed by atoms with van der Waals surface area (Å²) >= 11 is 0. The Labute approximate surface area is 116 Å². The van der Waals surface area contributed by atoms with E-state index in [-0.39, 0.29) is 6.04 Å². The Hall–Kier alpha value is -2.69. The molecular formula is C15H13N5. The second-order valence-corrected chi connectivity index (χ2v) is 4.47. The summed E-state index contributed by atoms with van der Waals surface area (Å²) in [5.74, 6) is 0. The predicted molar refractivity (Wildman–Crippen MR) is 75.4 cm³/mol. The summed E-state index contributed by atoms with van der Waals surface area (Å²) in [5.41, 5.74) is 10.2. The second-order valence-electron chi connectivity index (χ2n) is 4.47. The summed E-state index contributed by atoms with van der Waals surface area (Å²) in [7, 11) is 0. The van der Waals surface area contributed by atoms with E-state index in [1.165, 1.54) is 0 Å². The molecule has 1 N–H and O–H groups in total. The van der Waals surface area contributed by atoms with Crippen LogP contribution in [0.25, 0.3) is 10.9 Å². The van der Waals surface area contributed by atoms with Gasteiger partial charge in [-0.2, -0.15) is 5.11 Å². The maximum atomic E-state index is 7.40. The van der Waals surface area contributed by atoms with Crippen molar-refractivity contribution in [2.24, 2.45) is 5.11 Å². The molecule has 5 heteroatoms. The van der Waals surface area contributed by atoms with Gasteiger partial charge < -0.3 is 0 Å². The smallest absolute Gasteiger partial charge is 0.118 e. The minimum atomic E-state index is -0.311. The first-order valence-corrected chi connectivity index (χ1v) is 6.33. The van der Waals surface area contributed by atoms with Crippen molar-refractivity contribution in [3.05, 3.63) is 66.4 Å². The molecule has 0 saturated heterocycles. The molecule has 0 bridgehead atoms. The zero-order chi connectivity index (χ0) is 13.8. The van der Waals surface area contributed by atoms with Crippen molar-refractivity contribution in [2.75, 3.05) is 0 Å². The molecule has 5 nitrogen and oxygen atoms in total. The largest absolute Gasteiger partial charge is 0.261 e. The first-order valence-electron chi connectivity index (χ1n) is 6.33. The Kier molecular flexibility index (Phi) is 3.41. The molecule has 1 aromatic carbocycles. The number of nitrogens with one attached hydrogen (secondary N) is 1. The average molecular weight is 263 g/mol. The summed E-state index contributed by atoms with van der Waals surface area (Å²) < 4.78 is 0. The van der Waals surface area contributed by atoms with Crippen molar-refractivity contribution in [2.45, 2.75) is 12.5 Å². The van der Waals surface area contributed by atoms with E-state index in [1.807, 2.05) is 30.3 Å².